The fourth-order valence-corrected chi connectivity index (χ4v) is 5.84. The molecule has 2 aliphatic rings. The third-order valence-electron chi connectivity index (χ3n) is 7.81. The number of fused-ring (bicyclic) bond motifs is 1. The first-order valence-corrected chi connectivity index (χ1v) is 13.5. The van der Waals surface area contributed by atoms with Crippen molar-refractivity contribution < 1.29 is 0 Å². The van der Waals surface area contributed by atoms with Gasteiger partial charge in [-0.25, -0.2) is 14.8 Å². The highest BCUT2D eigenvalue weighted by Crippen LogP contribution is 2.35. The van der Waals surface area contributed by atoms with Gasteiger partial charge in [-0.15, -0.1) is 0 Å². The Bertz CT molecular complexity index is 1510. The van der Waals surface area contributed by atoms with Crippen molar-refractivity contribution in [2.24, 2.45) is 5.92 Å². The summed E-state index contributed by atoms with van der Waals surface area (Å²) >= 11 is 0. The van der Waals surface area contributed by atoms with Crippen LogP contribution in [0.1, 0.15) is 37.8 Å². The van der Waals surface area contributed by atoms with Crippen molar-refractivity contribution in [3.05, 3.63) is 71.0 Å². The van der Waals surface area contributed by atoms with Crippen LogP contribution in [-0.4, -0.2) is 45.7 Å². The highest BCUT2D eigenvalue weighted by Gasteiger charge is 2.24. The number of benzene rings is 2. The summed E-state index contributed by atoms with van der Waals surface area (Å²) in [6.07, 6.45) is 9.37. The molecule has 0 atom stereocenters. The van der Waals surface area contributed by atoms with Crippen molar-refractivity contribution in [1.82, 2.24) is 19.5 Å². The molecular formula is C29H32N8O. The summed E-state index contributed by atoms with van der Waals surface area (Å²) in [6.45, 7) is 3.72. The Morgan fingerprint density at radius 1 is 0.974 bits per heavy atom. The topological polar surface area (TPSA) is 106 Å². The lowest BCUT2D eigenvalue weighted by atomic mass is 9.89. The molecule has 2 aromatic heterocycles. The van der Waals surface area contributed by atoms with Crippen molar-refractivity contribution in [2.75, 3.05) is 41.3 Å². The molecule has 9 nitrogen and oxygen atoms in total. The zero-order chi connectivity index (χ0) is 25.9. The molecule has 194 valence electrons. The molecule has 0 spiro atoms. The SMILES string of the molecule is N#Cc1nccnc1N1CCN(c2cc3c(cc2Nc2ccccc2)[nH]c(=O)n3CC2CCCCC2)CC1. The van der Waals surface area contributed by atoms with Crippen LogP contribution in [0.25, 0.3) is 11.0 Å². The number of aromatic nitrogens is 4. The third-order valence-corrected chi connectivity index (χ3v) is 7.81. The van der Waals surface area contributed by atoms with Gasteiger partial charge < -0.3 is 20.1 Å². The lowest BCUT2D eigenvalue weighted by molar-refractivity contribution is 0.319. The van der Waals surface area contributed by atoms with E-state index < -0.39 is 0 Å². The molecule has 2 N–H and O–H groups in total. The number of para-hydroxylation sites is 1. The van der Waals surface area contributed by atoms with E-state index in [0.717, 1.165) is 60.8 Å². The number of imidazole rings is 1. The molecule has 0 radical (unpaired) electrons. The molecule has 1 saturated carbocycles. The van der Waals surface area contributed by atoms with E-state index in [2.05, 4.69) is 48.3 Å². The summed E-state index contributed by atoms with van der Waals surface area (Å²) in [7, 11) is 0. The summed E-state index contributed by atoms with van der Waals surface area (Å²) in [5, 5.41) is 13.1. The number of rotatable bonds is 6. The van der Waals surface area contributed by atoms with E-state index in [1.165, 1.54) is 32.1 Å². The Morgan fingerprint density at radius 3 is 2.47 bits per heavy atom. The third kappa shape index (κ3) is 4.82. The van der Waals surface area contributed by atoms with Gasteiger partial charge in [-0.2, -0.15) is 5.26 Å². The predicted molar refractivity (Wildman–Crippen MR) is 150 cm³/mol. The average Bonchev–Trinajstić information content (AvgIpc) is 3.27. The minimum absolute atomic E-state index is 0.0371. The minimum atomic E-state index is -0.0371. The highest BCUT2D eigenvalue weighted by atomic mass is 16.1. The molecule has 6 rings (SSSR count). The van der Waals surface area contributed by atoms with Crippen LogP contribution in [0.5, 0.6) is 0 Å². The molecule has 1 saturated heterocycles. The summed E-state index contributed by atoms with van der Waals surface area (Å²) in [6, 6.07) is 16.5. The van der Waals surface area contributed by atoms with E-state index in [1.807, 2.05) is 34.9 Å². The first-order chi connectivity index (χ1) is 18.7. The van der Waals surface area contributed by atoms with Crippen molar-refractivity contribution in [3.8, 4) is 6.07 Å². The molecule has 1 aliphatic heterocycles. The summed E-state index contributed by atoms with van der Waals surface area (Å²) in [4.78, 5) is 29.2. The number of nitrogens with zero attached hydrogens (tertiary/aromatic N) is 6. The number of nitrogens with one attached hydrogen (secondary N) is 2. The van der Waals surface area contributed by atoms with Crippen molar-refractivity contribution in [1.29, 1.82) is 5.26 Å². The normalized spacial score (nSPS) is 16.5. The zero-order valence-corrected chi connectivity index (χ0v) is 21.4. The predicted octanol–water partition coefficient (Wildman–Crippen LogP) is 4.64. The number of H-pyrrole nitrogens is 1. The van der Waals surface area contributed by atoms with Gasteiger partial charge >= 0.3 is 5.69 Å². The van der Waals surface area contributed by atoms with Crippen LogP contribution in [0, 0.1) is 17.2 Å². The van der Waals surface area contributed by atoms with Gasteiger partial charge in [0.15, 0.2) is 11.5 Å². The second-order valence-electron chi connectivity index (χ2n) is 10.2. The van der Waals surface area contributed by atoms with Gasteiger partial charge in [0.2, 0.25) is 0 Å². The molecule has 0 amide bonds. The van der Waals surface area contributed by atoms with Crippen molar-refractivity contribution >= 4 is 33.9 Å². The van der Waals surface area contributed by atoms with Gasteiger partial charge in [0, 0.05) is 50.8 Å². The van der Waals surface area contributed by atoms with Crippen LogP contribution in [0.15, 0.2) is 59.7 Å². The lowest BCUT2D eigenvalue weighted by Gasteiger charge is -2.37. The second-order valence-corrected chi connectivity index (χ2v) is 10.2. The standard InChI is InChI=1S/C29H32N8O/c30-19-25-28(32-12-11-31-25)36-15-13-35(14-16-36)26-18-27-24(17-23(26)33-22-9-5-2-6-10-22)34-29(38)37(27)20-21-7-3-1-4-8-21/h2,5-6,9-12,17-18,21,33H,1,3-4,7-8,13-16,20H2,(H,34,38). The fraction of sp³-hybridized carbons (Fsp3) is 0.379. The molecule has 1 aliphatic carbocycles. The van der Waals surface area contributed by atoms with Crippen LogP contribution >= 0.6 is 0 Å². The van der Waals surface area contributed by atoms with Gasteiger partial charge in [-0.3, -0.25) is 4.57 Å². The van der Waals surface area contributed by atoms with Crippen LogP contribution in [0.2, 0.25) is 0 Å². The van der Waals surface area contributed by atoms with E-state index in [1.54, 1.807) is 12.4 Å². The van der Waals surface area contributed by atoms with Gasteiger partial charge in [-0.05, 0) is 43.0 Å². The number of hydrogen-bond acceptors (Lipinski definition) is 7. The lowest BCUT2D eigenvalue weighted by Crippen LogP contribution is -2.47. The van der Waals surface area contributed by atoms with E-state index in [0.29, 0.717) is 17.4 Å². The summed E-state index contributed by atoms with van der Waals surface area (Å²) in [5.41, 5.74) is 5.14. The van der Waals surface area contributed by atoms with Crippen LogP contribution in [0.3, 0.4) is 0 Å². The minimum Gasteiger partial charge on any atom is -0.366 e. The fourth-order valence-electron chi connectivity index (χ4n) is 5.84. The molecular weight excluding hydrogens is 476 g/mol. The maximum Gasteiger partial charge on any atom is 0.326 e. The number of nitriles is 1. The summed E-state index contributed by atoms with van der Waals surface area (Å²) in [5.74, 6) is 1.19. The zero-order valence-electron chi connectivity index (χ0n) is 21.4. The quantitative estimate of drug-likeness (QED) is 0.391. The number of piperazine rings is 1. The largest absolute Gasteiger partial charge is 0.366 e. The van der Waals surface area contributed by atoms with Crippen LogP contribution in [0.4, 0.5) is 22.9 Å². The Hall–Kier alpha value is -4.32. The van der Waals surface area contributed by atoms with Gasteiger partial charge in [-0.1, -0.05) is 37.5 Å². The molecule has 0 bridgehead atoms. The summed E-state index contributed by atoms with van der Waals surface area (Å²) < 4.78 is 1.94. The molecule has 9 heteroatoms. The first-order valence-electron chi connectivity index (χ1n) is 13.5. The second kappa shape index (κ2) is 10.6. The Balaban J connectivity index is 1.33. The van der Waals surface area contributed by atoms with Crippen LogP contribution < -0.4 is 20.8 Å². The molecule has 4 aromatic rings. The van der Waals surface area contributed by atoms with E-state index in [9.17, 15) is 10.1 Å². The monoisotopic (exact) mass is 508 g/mol. The number of aromatic amines is 1. The van der Waals surface area contributed by atoms with Crippen LogP contribution in [-0.2, 0) is 6.54 Å². The Morgan fingerprint density at radius 2 is 1.71 bits per heavy atom. The average molecular weight is 509 g/mol. The van der Waals surface area contributed by atoms with Gasteiger partial charge in [0.1, 0.15) is 6.07 Å². The van der Waals surface area contributed by atoms with Crippen molar-refractivity contribution in [2.45, 2.75) is 38.6 Å². The highest BCUT2D eigenvalue weighted by molar-refractivity contribution is 5.90. The van der Waals surface area contributed by atoms with Gasteiger partial charge in [0.25, 0.3) is 0 Å². The number of hydrogen-bond donors (Lipinski definition) is 2. The van der Waals surface area contributed by atoms with E-state index in [-0.39, 0.29) is 5.69 Å². The van der Waals surface area contributed by atoms with Crippen molar-refractivity contribution in [3.63, 3.8) is 0 Å². The smallest absolute Gasteiger partial charge is 0.326 e. The molecule has 2 aromatic carbocycles. The molecule has 38 heavy (non-hydrogen) atoms. The van der Waals surface area contributed by atoms with Gasteiger partial charge in [0.05, 0.1) is 22.4 Å². The molecule has 3 heterocycles. The van der Waals surface area contributed by atoms with E-state index in [4.69, 9.17) is 0 Å². The molecule has 0 unspecified atom stereocenters. The molecule has 2 fully saturated rings. The number of anilines is 4. The Labute approximate surface area is 221 Å². The van der Waals surface area contributed by atoms with E-state index >= 15 is 0 Å². The first kappa shape index (κ1) is 24.0. The Kier molecular flexibility index (Phi) is 6.69. The maximum atomic E-state index is 13.1. The maximum absolute atomic E-state index is 13.1.